The third-order valence-electron chi connectivity index (χ3n) is 1.85. The molecule has 0 aromatic carbocycles. The van der Waals surface area contributed by atoms with E-state index in [0.717, 1.165) is 6.42 Å². The van der Waals surface area contributed by atoms with E-state index in [0.29, 0.717) is 5.82 Å². The molecule has 1 rings (SSSR count). The van der Waals surface area contributed by atoms with E-state index >= 15 is 0 Å². The maximum Gasteiger partial charge on any atom is 0.267 e. The molecule has 1 aromatic rings. The standard InChI is InChI=1S/C8H13N3O.ClH/c1-3-6(2)11-8(12)5-4-7(9)10-11;/h4-6H,3H2,1-2H3,(H2,9,10);1H. The summed E-state index contributed by atoms with van der Waals surface area (Å²) in [5, 5.41) is 3.93. The highest BCUT2D eigenvalue weighted by molar-refractivity contribution is 5.85. The van der Waals surface area contributed by atoms with Crippen LogP contribution in [-0.4, -0.2) is 9.78 Å². The van der Waals surface area contributed by atoms with Crippen molar-refractivity contribution in [1.82, 2.24) is 9.78 Å². The van der Waals surface area contributed by atoms with Crippen molar-refractivity contribution in [2.45, 2.75) is 26.3 Å². The van der Waals surface area contributed by atoms with Crippen molar-refractivity contribution in [3.05, 3.63) is 22.5 Å². The maximum absolute atomic E-state index is 11.2. The number of hydrogen-bond donors (Lipinski definition) is 1. The molecular formula is C8H14ClN3O. The van der Waals surface area contributed by atoms with Gasteiger partial charge in [-0.1, -0.05) is 6.92 Å². The lowest BCUT2D eigenvalue weighted by Gasteiger charge is -2.10. The van der Waals surface area contributed by atoms with Gasteiger partial charge in [-0.15, -0.1) is 12.4 Å². The summed E-state index contributed by atoms with van der Waals surface area (Å²) in [4.78, 5) is 11.2. The fraction of sp³-hybridized carbons (Fsp3) is 0.500. The zero-order chi connectivity index (χ0) is 9.14. The van der Waals surface area contributed by atoms with Crippen LogP contribution < -0.4 is 11.3 Å². The van der Waals surface area contributed by atoms with Crippen LogP contribution in [0.2, 0.25) is 0 Å². The second-order valence-electron chi connectivity index (χ2n) is 2.80. The van der Waals surface area contributed by atoms with Crippen molar-refractivity contribution in [3.63, 3.8) is 0 Å². The van der Waals surface area contributed by atoms with E-state index in [9.17, 15) is 4.79 Å². The molecule has 4 nitrogen and oxygen atoms in total. The molecule has 5 heteroatoms. The van der Waals surface area contributed by atoms with Crippen molar-refractivity contribution in [2.75, 3.05) is 5.73 Å². The van der Waals surface area contributed by atoms with Gasteiger partial charge in [-0.25, -0.2) is 4.68 Å². The molecule has 0 saturated heterocycles. The monoisotopic (exact) mass is 203 g/mol. The Morgan fingerprint density at radius 2 is 2.23 bits per heavy atom. The summed E-state index contributed by atoms with van der Waals surface area (Å²) in [6, 6.07) is 3.07. The summed E-state index contributed by atoms with van der Waals surface area (Å²) in [5.74, 6) is 0.384. The first kappa shape index (κ1) is 12.0. The third kappa shape index (κ3) is 2.73. The molecule has 0 aliphatic heterocycles. The molecule has 2 N–H and O–H groups in total. The summed E-state index contributed by atoms with van der Waals surface area (Å²) in [7, 11) is 0. The Balaban J connectivity index is 0.00000144. The van der Waals surface area contributed by atoms with E-state index < -0.39 is 0 Å². The van der Waals surface area contributed by atoms with Gasteiger partial charge in [0.1, 0.15) is 5.82 Å². The predicted octanol–water partition coefficient (Wildman–Crippen LogP) is 1.22. The zero-order valence-corrected chi connectivity index (χ0v) is 8.54. The van der Waals surface area contributed by atoms with Crippen LogP contribution in [0.25, 0.3) is 0 Å². The number of aromatic nitrogens is 2. The average Bonchev–Trinajstić information content (AvgIpc) is 2.08. The number of nitrogen functional groups attached to an aromatic ring is 1. The second kappa shape index (κ2) is 4.87. The van der Waals surface area contributed by atoms with E-state index in [1.165, 1.54) is 16.8 Å². The molecule has 1 atom stereocenters. The molecular weight excluding hydrogens is 190 g/mol. The lowest BCUT2D eigenvalue weighted by atomic mass is 10.3. The lowest BCUT2D eigenvalue weighted by molar-refractivity contribution is 0.456. The third-order valence-corrected chi connectivity index (χ3v) is 1.85. The average molecular weight is 204 g/mol. The summed E-state index contributed by atoms with van der Waals surface area (Å²) < 4.78 is 1.41. The van der Waals surface area contributed by atoms with Crippen molar-refractivity contribution >= 4 is 18.2 Å². The van der Waals surface area contributed by atoms with Crippen LogP contribution in [0.4, 0.5) is 5.82 Å². The van der Waals surface area contributed by atoms with Crippen LogP contribution in [0.1, 0.15) is 26.3 Å². The Kier molecular flexibility index (Phi) is 4.48. The lowest BCUT2D eigenvalue weighted by Crippen LogP contribution is -2.25. The maximum atomic E-state index is 11.2. The minimum atomic E-state index is -0.0986. The minimum Gasteiger partial charge on any atom is -0.382 e. The van der Waals surface area contributed by atoms with Gasteiger partial charge in [-0.2, -0.15) is 5.10 Å². The first-order chi connectivity index (χ1) is 5.65. The molecule has 0 saturated carbocycles. The fourth-order valence-electron chi connectivity index (χ4n) is 0.929. The number of nitrogens with zero attached hydrogens (tertiary/aromatic N) is 2. The Bertz CT molecular complexity index is 323. The highest BCUT2D eigenvalue weighted by Crippen LogP contribution is 2.04. The van der Waals surface area contributed by atoms with Gasteiger partial charge in [0.15, 0.2) is 0 Å². The van der Waals surface area contributed by atoms with Gasteiger partial charge >= 0.3 is 0 Å². The van der Waals surface area contributed by atoms with E-state index in [1.54, 1.807) is 0 Å². The minimum absolute atomic E-state index is 0. The predicted molar refractivity (Wildman–Crippen MR) is 55.2 cm³/mol. The summed E-state index contributed by atoms with van der Waals surface area (Å²) in [5.41, 5.74) is 5.35. The molecule has 0 spiro atoms. The Morgan fingerprint density at radius 1 is 1.62 bits per heavy atom. The van der Waals surface area contributed by atoms with Gasteiger partial charge in [-0.05, 0) is 19.4 Å². The highest BCUT2D eigenvalue weighted by atomic mass is 35.5. The molecule has 0 aliphatic carbocycles. The molecule has 1 heterocycles. The van der Waals surface area contributed by atoms with E-state index in [2.05, 4.69) is 5.10 Å². The topological polar surface area (TPSA) is 60.9 Å². The molecule has 0 bridgehead atoms. The number of nitrogens with two attached hydrogens (primary N) is 1. The van der Waals surface area contributed by atoms with Crippen molar-refractivity contribution < 1.29 is 0 Å². The first-order valence-corrected chi connectivity index (χ1v) is 4.00. The van der Waals surface area contributed by atoms with Crippen LogP contribution in [0.3, 0.4) is 0 Å². The number of halogens is 1. The van der Waals surface area contributed by atoms with Gasteiger partial charge in [0.05, 0.1) is 6.04 Å². The first-order valence-electron chi connectivity index (χ1n) is 4.00. The van der Waals surface area contributed by atoms with Crippen LogP contribution in [-0.2, 0) is 0 Å². The molecule has 0 radical (unpaired) electrons. The molecule has 0 amide bonds. The van der Waals surface area contributed by atoms with Gasteiger partial charge < -0.3 is 5.73 Å². The molecule has 1 unspecified atom stereocenters. The quantitative estimate of drug-likeness (QED) is 0.786. The number of anilines is 1. The molecule has 13 heavy (non-hydrogen) atoms. The molecule has 0 fully saturated rings. The van der Waals surface area contributed by atoms with Crippen molar-refractivity contribution in [3.8, 4) is 0 Å². The van der Waals surface area contributed by atoms with Crippen molar-refractivity contribution in [2.24, 2.45) is 0 Å². The number of rotatable bonds is 2. The van der Waals surface area contributed by atoms with Crippen LogP contribution in [0, 0.1) is 0 Å². The normalized spacial score (nSPS) is 11.8. The summed E-state index contributed by atoms with van der Waals surface area (Å²) in [6.07, 6.45) is 0.871. The Hall–Kier alpha value is -1.03. The fourth-order valence-corrected chi connectivity index (χ4v) is 0.929. The molecule has 1 aromatic heterocycles. The Labute approximate surface area is 83.2 Å². The molecule has 74 valence electrons. The summed E-state index contributed by atoms with van der Waals surface area (Å²) >= 11 is 0. The highest BCUT2D eigenvalue weighted by Gasteiger charge is 2.04. The summed E-state index contributed by atoms with van der Waals surface area (Å²) in [6.45, 7) is 3.94. The van der Waals surface area contributed by atoms with Crippen LogP contribution >= 0.6 is 12.4 Å². The largest absolute Gasteiger partial charge is 0.382 e. The van der Waals surface area contributed by atoms with E-state index in [4.69, 9.17) is 5.73 Å². The van der Waals surface area contributed by atoms with E-state index in [-0.39, 0.29) is 24.0 Å². The SMILES string of the molecule is CCC(C)n1nc(N)ccc1=O.Cl. The van der Waals surface area contributed by atoms with Gasteiger partial charge in [0, 0.05) is 6.07 Å². The van der Waals surface area contributed by atoms with Gasteiger partial charge in [0.25, 0.3) is 5.56 Å². The van der Waals surface area contributed by atoms with E-state index in [1.807, 2.05) is 13.8 Å². The van der Waals surface area contributed by atoms with Crippen LogP contribution in [0.5, 0.6) is 0 Å². The number of hydrogen-bond acceptors (Lipinski definition) is 3. The zero-order valence-electron chi connectivity index (χ0n) is 7.73. The van der Waals surface area contributed by atoms with Crippen molar-refractivity contribution in [1.29, 1.82) is 0 Å². The van der Waals surface area contributed by atoms with Gasteiger partial charge in [-0.3, -0.25) is 4.79 Å². The molecule has 0 aliphatic rings. The van der Waals surface area contributed by atoms with Crippen LogP contribution in [0.15, 0.2) is 16.9 Å². The Morgan fingerprint density at radius 3 is 2.77 bits per heavy atom. The smallest absolute Gasteiger partial charge is 0.267 e. The second-order valence-corrected chi connectivity index (χ2v) is 2.80. The van der Waals surface area contributed by atoms with Gasteiger partial charge in [0.2, 0.25) is 0 Å².